The second-order valence-electron chi connectivity index (χ2n) is 5.88. The number of nitrogens with one attached hydrogen (secondary N) is 2. The zero-order chi connectivity index (χ0) is 15.1. The average Bonchev–Trinajstić information content (AvgIpc) is 2.96. The normalized spacial score (nSPS) is 16.9. The van der Waals surface area contributed by atoms with E-state index < -0.39 is 0 Å². The van der Waals surface area contributed by atoms with Crippen LogP contribution >= 0.6 is 0 Å². The van der Waals surface area contributed by atoms with E-state index >= 15 is 0 Å². The number of carbonyl (C=O) groups is 1. The van der Waals surface area contributed by atoms with Gasteiger partial charge in [-0.25, -0.2) is 0 Å². The first-order valence-corrected chi connectivity index (χ1v) is 7.98. The second-order valence-corrected chi connectivity index (χ2v) is 5.88. The van der Waals surface area contributed by atoms with Crippen LogP contribution in [0.2, 0.25) is 0 Å². The molecular formula is C17H27N3O. The molecule has 1 aliphatic heterocycles. The van der Waals surface area contributed by atoms with Crippen molar-refractivity contribution < 1.29 is 4.79 Å². The van der Waals surface area contributed by atoms with Crippen molar-refractivity contribution in [3.8, 4) is 0 Å². The number of amides is 1. The van der Waals surface area contributed by atoms with E-state index in [-0.39, 0.29) is 5.91 Å². The number of likely N-dealkylation sites (tertiary alicyclic amines) is 1. The molecule has 1 aromatic carbocycles. The summed E-state index contributed by atoms with van der Waals surface area (Å²) in [5.74, 6) is -0.0293. The highest BCUT2D eigenvalue weighted by atomic mass is 16.1. The molecular weight excluding hydrogens is 262 g/mol. The van der Waals surface area contributed by atoms with E-state index in [9.17, 15) is 4.79 Å². The molecule has 4 nitrogen and oxygen atoms in total. The molecule has 1 amide bonds. The molecule has 1 unspecified atom stereocenters. The summed E-state index contributed by atoms with van der Waals surface area (Å²) in [6.07, 6.45) is 3.91. The van der Waals surface area contributed by atoms with Crippen molar-refractivity contribution in [1.82, 2.24) is 10.2 Å². The minimum absolute atomic E-state index is 0.0293. The Labute approximate surface area is 127 Å². The van der Waals surface area contributed by atoms with Crippen LogP contribution in [0, 0.1) is 0 Å². The minimum atomic E-state index is -0.0293. The van der Waals surface area contributed by atoms with Crippen LogP contribution in [0.5, 0.6) is 0 Å². The first kappa shape index (κ1) is 16.0. The highest BCUT2D eigenvalue weighted by molar-refractivity contribution is 5.88. The third kappa shape index (κ3) is 5.48. The van der Waals surface area contributed by atoms with Crippen molar-refractivity contribution in [2.24, 2.45) is 0 Å². The molecule has 1 aliphatic rings. The molecule has 0 aliphatic carbocycles. The number of nitrogens with zero attached hydrogens (tertiary/aromatic N) is 1. The number of hydrogen-bond acceptors (Lipinski definition) is 3. The van der Waals surface area contributed by atoms with Gasteiger partial charge in [-0.1, -0.05) is 12.1 Å². The van der Waals surface area contributed by atoms with Gasteiger partial charge in [0.2, 0.25) is 5.91 Å². The summed E-state index contributed by atoms with van der Waals surface area (Å²) in [5.41, 5.74) is 2.08. The lowest BCUT2D eigenvalue weighted by Crippen LogP contribution is -2.26. The molecule has 116 valence electrons. The molecule has 1 heterocycles. The summed E-state index contributed by atoms with van der Waals surface area (Å²) in [6.45, 7) is 8.48. The van der Waals surface area contributed by atoms with Gasteiger partial charge in [0.25, 0.3) is 0 Å². The quantitative estimate of drug-likeness (QED) is 0.759. The number of hydrogen-bond donors (Lipinski definition) is 2. The molecule has 1 atom stereocenters. The van der Waals surface area contributed by atoms with Gasteiger partial charge < -0.3 is 15.5 Å². The summed E-state index contributed by atoms with van der Waals surface area (Å²) in [4.78, 5) is 13.6. The zero-order valence-corrected chi connectivity index (χ0v) is 13.2. The summed E-state index contributed by atoms with van der Waals surface area (Å²) in [5, 5.41) is 6.40. The van der Waals surface area contributed by atoms with Gasteiger partial charge in [-0.15, -0.1) is 0 Å². The number of anilines is 1. The van der Waals surface area contributed by atoms with E-state index in [0.717, 1.165) is 12.2 Å². The number of benzene rings is 1. The summed E-state index contributed by atoms with van der Waals surface area (Å²) >= 11 is 0. The second kappa shape index (κ2) is 8.15. The lowest BCUT2D eigenvalue weighted by molar-refractivity contribution is -0.114. The summed E-state index contributed by atoms with van der Waals surface area (Å²) in [7, 11) is 0. The van der Waals surface area contributed by atoms with Crippen molar-refractivity contribution >= 4 is 11.6 Å². The van der Waals surface area contributed by atoms with E-state index in [1.54, 1.807) is 0 Å². The lowest BCUT2D eigenvalue weighted by Gasteiger charge is -2.18. The van der Waals surface area contributed by atoms with Crippen molar-refractivity contribution in [1.29, 1.82) is 0 Å². The van der Waals surface area contributed by atoms with Crippen molar-refractivity contribution in [3.63, 3.8) is 0 Å². The summed E-state index contributed by atoms with van der Waals surface area (Å²) in [6, 6.07) is 8.36. The third-order valence-electron chi connectivity index (χ3n) is 4.01. The smallest absolute Gasteiger partial charge is 0.221 e. The largest absolute Gasteiger partial charge is 0.326 e. The molecule has 1 fully saturated rings. The predicted molar refractivity (Wildman–Crippen MR) is 87.5 cm³/mol. The number of carbonyl (C=O) groups excluding carboxylic acids is 1. The van der Waals surface area contributed by atoms with E-state index in [0.29, 0.717) is 6.04 Å². The maximum atomic E-state index is 11.1. The Bertz CT molecular complexity index is 455. The van der Waals surface area contributed by atoms with Crippen LogP contribution in [0.1, 0.15) is 44.7 Å². The fourth-order valence-electron chi connectivity index (χ4n) is 2.83. The minimum Gasteiger partial charge on any atom is -0.326 e. The summed E-state index contributed by atoms with van der Waals surface area (Å²) < 4.78 is 0. The average molecular weight is 289 g/mol. The SMILES string of the molecule is CC(=O)Nc1cccc(C(C)NCCCN2CCCC2)c1. The van der Waals surface area contributed by atoms with Gasteiger partial charge in [0, 0.05) is 18.7 Å². The first-order chi connectivity index (χ1) is 10.1. The molecule has 0 bridgehead atoms. The monoisotopic (exact) mass is 289 g/mol. The third-order valence-corrected chi connectivity index (χ3v) is 4.01. The molecule has 0 saturated carbocycles. The Hall–Kier alpha value is -1.39. The molecule has 1 aromatic rings. The molecule has 0 radical (unpaired) electrons. The van der Waals surface area contributed by atoms with Crippen LogP contribution < -0.4 is 10.6 Å². The van der Waals surface area contributed by atoms with Crippen molar-refractivity contribution in [2.75, 3.05) is 31.5 Å². The fraction of sp³-hybridized carbons (Fsp3) is 0.588. The van der Waals surface area contributed by atoms with Gasteiger partial charge in [-0.05, 0) is 70.1 Å². The van der Waals surface area contributed by atoms with Crippen LogP contribution in [-0.4, -0.2) is 37.0 Å². The van der Waals surface area contributed by atoms with Gasteiger partial charge in [-0.3, -0.25) is 4.79 Å². The van der Waals surface area contributed by atoms with Crippen LogP contribution in [0.15, 0.2) is 24.3 Å². The Kier molecular flexibility index (Phi) is 6.21. The molecule has 2 N–H and O–H groups in total. The van der Waals surface area contributed by atoms with Gasteiger partial charge in [-0.2, -0.15) is 0 Å². The van der Waals surface area contributed by atoms with Gasteiger partial charge in [0.05, 0.1) is 0 Å². The standard InChI is InChI=1S/C17H27N3O/c1-14(18-9-6-12-20-10-3-4-11-20)16-7-5-8-17(13-16)19-15(2)21/h5,7-8,13-14,18H,3-4,6,9-12H2,1-2H3,(H,19,21). The van der Waals surface area contributed by atoms with E-state index in [1.165, 1.54) is 51.4 Å². The maximum absolute atomic E-state index is 11.1. The van der Waals surface area contributed by atoms with E-state index in [2.05, 4.69) is 28.5 Å². The molecule has 1 saturated heterocycles. The van der Waals surface area contributed by atoms with Crippen LogP contribution in [0.4, 0.5) is 5.69 Å². The van der Waals surface area contributed by atoms with Crippen molar-refractivity contribution in [2.45, 2.75) is 39.2 Å². The highest BCUT2D eigenvalue weighted by Crippen LogP contribution is 2.17. The topological polar surface area (TPSA) is 44.4 Å². The first-order valence-electron chi connectivity index (χ1n) is 7.98. The molecule has 0 spiro atoms. The molecule has 2 rings (SSSR count). The Balaban J connectivity index is 1.74. The lowest BCUT2D eigenvalue weighted by atomic mass is 10.1. The van der Waals surface area contributed by atoms with E-state index in [4.69, 9.17) is 0 Å². The van der Waals surface area contributed by atoms with Gasteiger partial charge in [0.15, 0.2) is 0 Å². The van der Waals surface area contributed by atoms with Crippen LogP contribution in [0.3, 0.4) is 0 Å². The zero-order valence-electron chi connectivity index (χ0n) is 13.2. The van der Waals surface area contributed by atoms with E-state index in [1.807, 2.05) is 18.2 Å². The van der Waals surface area contributed by atoms with Gasteiger partial charge >= 0.3 is 0 Å². The Morgan fingerprint density at radius 3 is 2.81 bits per heavy atom. The maximum Gasteiger partial charge on any atom is 0.221 e. The predicted octanol–water partition coefficient (Wildman–Crippen LogP) is 2.78. The highest BCUT2D eigenvalue weighted by Gasteiger charge is 2.11. The number of rotatable bonds is 7. The Morgan fingerprint density at radius 2 is 2.10 bits per heavy atom. The van der Waals surface area contributed by atoms with Crippen molar-refractivity contribution in [3.05, 3.63) is 29.8 Å². The molecule has 0 aromatic heterocycles. The van der Waals surface area contributed by atoms with Crippen LogP contribution in [-0.2, 0) is 4.79 Å². The molecule has 4 heteroatoms. The fourth-order valence-corrected chi connectivity index (χ4v) is 2.83. The van der Waals surface area contributed by atoms with Gasteiger partial charge in [0.1, 0.15) is 0 Å². The Morgan fingerprint density at radius 1 is 1.33 bits per heavy atom. The van der Waals surface area contributed by atoms with Crippen LogP contribution in [0.25, 0.3) is 0 Å². The molecule has 21 heavy (non-hydrogen) atoms.